The fourth-order valence-corrected chi connectivity index (χ4v) is 8.28. The van der Waals surface area contributed by atoms with E-state index in [0.29, 0.717) is 29.2 Å². The number of amides is 1. The van der Waals surface area contributed by atoms with Gasteiger partial charge in [-0.15, -0.1) is 0 Å². The predicted molar refractivity (Wildman–Crippen MR) is 186 cm³/mol. The van der Waals surface area contributed by atoms with Crippen molar-refractivity contribution in [2.24, 2.45) is 5.92 Å². The molecule has 0 bridgehead atoms. The number of nitrogens with one attached hydrogen (secondary N) is 1. The molecule has 0 spiro atoms. The Bertz CT molecular complexity index is 1520. The van der Waals surface area contributed by atoms with Crippen LogP contribution in [0.4, 0.5) is 5.82 Å². The lowest BCUT2D eigenvalue weighted by Gasteiger charge is -2.40. The average Bonchev–Trinajstić information content (AvgIpc) is 3.56. The molecule has 2 aromatic heterocycles. The van der Waals surface area contributed by atoms with Gasteiger partial charge in [0, 0.05) is 23.6 Å². The number of aromatic nitrogens is 4. The molecule has 1 N–H and O–H groups in total. The van der Waals surface area contributed by atoms with E-state index in [9.17, 15) is 4.79 Å². The zero-order valence-electron chi connectivity index (χ0n) is 29.3. The number of fused-ring (bicyclic) bond motifs is 1. The summed E-state index contributed by atoms with van der Waals surface area (Å²) in [5.74, 6) is -0.0150. The molecule has 3 heterocycles. The maximum atomic E-state index is 13.0. The molecule has 0 radical (unpaired) electrons. The lowest BCUT2D eigenvalue weighted by atomic mass is 10.0. The molecule has 4 rings (SSSR count). The molecule has 14 heteroatoms. The maximum absolute atomic E-state index is 13.0. The van der Waals surface area contributed by atoms with Gasteiger partial charge >= 0.3 is 0 Å². The fourth-order valence-electron chi connectivity index (χ4n) is 5.30. The maximum Gasteiger partial charge on any atom is 0.259 e. The van der Waals surface area contributed by atoms with Gasteiger partial charge in [-0.3, -0.25) is 9.36 Å². The number of ether oxygens (including phenoxy) is 1. The number of nitrogens with zero attached hydrogens (tertiary/aromatic N) is 6. The van der Waals surface area contributed by atoms with E-state index in [1.54, 1.807) is 18.5 Å². The Kier molecular flexibility index (Phi) is 12.3. The van der Waals surface area contributed by atoms with Crippen molar-refractivity contribution in [2.45, 2.75) is 110 Å². The molecule has 1 aliphatic rings. The van der Waals surface area contributed by atoms with Crippen LogP contribution in [0, 0.1) is 17.2 Å². The Morgan fingerprint density at radius 2 is 1.81 bits per heavy atom. The fraction of sp³-hybridized carbons (Fsp3) is 0.606. The predicted octanol–water partition coefficient (Wildman–Crippen LogP) is 7.30. The second-order valence-corrected chi connectivity index (χ2v) is 20.2. The first-order chi connectivity index (χ1) is 22.2. The Hall–Kier alpha value is -2.82. The second-order valence-electron chi connectivity index (χ2n) is 14.0. The van der Waals surface area contributed by atoms with Crippen LogP contribution in [0.5, 0.6) is 0 Å². The van der Waals surface area contributed by atoms with E-state index in [4.69, 9.17) is 23.5 Å². The number of benzene rings is 1. The zero-order chi connectivity index (χ0) is 34.5. The van der Waals surface area contributed by atoms with Gasteiger partial charge in [0.15, 0.2) is 31.5 Å². The largest absolute Gasteiger partial charge is 0.409 e. The minimum Gasteiger partial charge on any atom is -0.409 e. The number of hydrogen-bond donors (Lipinski definition) is 1. The topological polar surface area (TPSA) is 137 Å². The van der Waals surface area contributed by atoms with Crippen molar-refractivity contribution >= 4 is 39.7 Å². The summed E-state index contributed by atoms with van der Waals surface area (Å²) in [4.78, 5) is 26.5. The molecule has 1 aliphatic heterocycles. The highest BCUT2D eigenvalue weighted by molar-refractivity contribution is 7.44. The molecule has 1 saturated heterocycles. The van der Waals surface area contributed by atoms with Crippen molar-refractivity contribution in [1.29, 1.82) is 5.26 Å². The molecule has 1 fully saturated rings. The minimum atomic E-state index is -2.25. The number of carbonyl (C=O) groups is 1. The third-order valence-electron chi connectivity index (χ3n) is 8.85. The van der Waals surface area contributed by atoms with E-state index in [0.717, 1.165) is 0 Å². The summed E-state index contributed by atoms with van der Waals surface area (Å²) < 4.78 is 30.6. The van der Waals surface area contributed by atoms with Crippen molar-refractivity contribution in [3.8, 4) is 6.07 Å². The van der Waals surface area contributed by atoms with E-state index in [1.165, 1.54) is 6.33 Å². The molecular weight excluding hydrogens is 633 g/mol. The molecule has 47 heavy (non-hydrogen) atoms. The summed E-state index contributed by atoms with van der Waals surface area (Å²) in [5.41, 5.74) is 1.50. The summed E-state index contributed by atoms with van der Waals surface area (Å²) in [5, 5.41) is 12.0. The standard InChI is InChI=1S/C33H50N7O5PSi/c1-22(2)40(23(3)4)46(42-18-14-17-34)43-19-26-24(5)28(45-47(9,10)33(6,7)8)32(44-26)39-21-37-27-29(35-20-36-30(27)39)38-31(41)25-15-12-11-13-16-25/h11-13,15-16,20-24,26,28,32H,14,18-19H2,1-10H3,(H,35,36,38,41)/t24-,26-,28-,32-,46?/m1/s1. The number of nitriles is 1. The van der Waals surface area contributed by atoms with Gasteiger partial charge in [-0.2, -0.15) is 5.26 Å². The highest BCUT2D eigenvalue weighted by Gasteiger charge is 2.50. The Labute approximate surface area is 281 Å². The van der Waals surface area contributed by atoms with Gasteiger partial charge in [-0.25, -0.2) is 19.6 Å². The first kappa shape index (κ1) is 37.0. The lowest BCUT2D eigenvalue weighted by molar-refractivity contribution is -0.0450. The van der Waals surface area contributed by atoms with Gasteiger partial charge in [0.05, 0.1) is 44.2 Å². The van der Waals surface area contributed by atoms with Crippen LogP contribution < -0.4 is 5.32 Å². The quantitative estimate of drug-likeness (QED) is 0.105. The van der Waals surface area contributed by atoms with E-state index < -0.39 is 23.1 Å². The van der Waals surface area contributed by atoms with Gasteiger partial charge in [-0.1, -0.05) is 45.9 Å². The van der Waals surface area contributed by atoms with Crippen molar-refractivity contribution in [3.05, 3.63) is 48.5 Å². The monoisotopic (exact) mass is 683 g/mol. The molecule has 256 valence electrons. The highest BCUT2D eigenvalue weighted by atomic mass is 31.2. The van der Waals surface area contributed by atoms with Crippen LogP contribution in [-0.2, 0) is 18.2 Å². The van der Waals surface area contributed by atoms with Crippen LogP contribution in [0.15, 0.2) is 43.0 Å². The Morgan fingerprint density at radius 3 is 2.43 bits per heavy atom. The van der Waals surface area contributed by atoms with E-state index in [2.05, 4.69) is 99.5 Å². The zero-order valence-corrected chi connectivity index (χ0v) is 31.2. The molecule has 1 amide bonds. The van der Waals surface area contributed by atoms with E-state index in [1.807, 2.05) is 22.8 Å². The van der Waals surface area contributed by atoms with Gasteiger partial charge in [-0.05, 0) is 58.0 Å². The van der Waals surface area contributed by atoms with Gasteiger partial charge in [0.25, 0.3) is 14.4 Å². The molecule has 0 aliphatic carbocycles. The molecule has 1 unspecified atom stereocenters. The van der Waals surface area contributed by atoms with Crippen LogP contribution in [-0.4, -0.2) is 75.9 Å². The summed E-state index contributed by atoms with van der Waals surface area (Å²) in [6.45, 7) is 22.3. The molecule has 12 nitrogen and oxygen atoms in total. The normalized spacial score (nSPS) is 21.1. The van der Waals surface area contributed by atoms with Crippen molar-refractivity contribution in [1.82, 2.24) is 24.2 Å². The third-order valence-corrected chi connectivity index (χ3v) is 15.4. The Morgan fingerprint density at radius 1 is 1.13 bits per heavy atom. The van der Waals surface area contributed by atoms with Crippen LogP contribution in [0.2, 0.25) is 18.1 Å². The number of carbonyl (C=O) groups excluding carboxylic acids is 1. The van der Waals surface area contributed by atoms with Gasteiger partial charge < -0.3 is 23.5 Å². The van der Waals surface area contributed by atoms with Gasteiger partial charge in [0.1, 0.15) is 6.33 Å². The third kappa shape index (κ3) is 8.62. The van der Waals surface area contributed by atoms with Crippen LogP contribution in [0.3, 0.4) is 0 Å². The first-order valence-corrected chi connectivity index (χ1v) is 20.3. The number of hydrogen-bond acceptors (Lipinski definition) is 10. The smallest absolute Gasteiger partial charge is 0.259 e. The number of imidazole rings is 1. The first-order valence-electron chi connectivity index (χ1n) is 16.2. The number of rotatable bonds is 14. The lowest BCUT2D eigenvalue weighted by Crippen LogP contribution is -2.46. The van der Waals surface area contributed by atoms with E-state index >= 15 is 0 Å². The molecule has 3 aromatic rings. The van der Waals surface area contributed by atoms with E-state index in [-0.39, 0.29) is 54.2 Å². The summed E-state index contributed by atoms with van der Waals surface area (Å²) >= 11 is 0. The molecule has 0 saturated carbocycles. The summed E-state index contributed by atoms with van der Waals surface area (Å²) in [6, 6.07) is 11.5. The molecule has 1 aromatic carbocycles. The number of anilines is 1. The van der Waals surface area contributed by atoms with Crippen molar-refractivity contribution < 1.29 is 23.0 Å². The SMILES string of the molecule is CC(C)N(C(C)C)P(OCCC#N)OC[C@H]1O[C@@H](n2cnc3c(NC(=O)c4ccccc4)ncnc32)[C@H](O[Si](C)(C)C(C)(C)C)[C@@H]1C. The second kappa shape index (κ2) is 15.6. The van der Waals surface area contributed by atoms with Crippen LogP contribution in [0.25, 0.3) is 11.2 Å². The van der Waals surface area contributed by atoms with Crippen LogP contribution >= 0.6 is 8.53 Å². The van der Waals surface area contributed by atoms with Gasteiger partial charge in [0.2, 0.25) is 0 Å². The van der Waals surface area contributed by atoms with Crippen molar-refractivity contribution in [2.75, 3.05) is 18.5 Å². The average molecular weight is 684 g/mol. The van der Waals surface area contributed by atoms with Crippen LogP contribution in [0.1, 0.15) is 78.4 Å². The summed E-state index contributed by atoms with van der Waals surface area (Å²) in [6.07, 6.45) is 2.19. The summed E-state index contributed by atoms with van der Waals surface area (Å²) in [7, 11) is -3.69. The molecular formula is C33H50N7O5PSi. The minimum absolute atomic E-state index is 0.0299. The highest BCUT2D eigenvalue weighted by Crippen LogP contribution is 2.49. The molecule has 5 atom stereocenters. The Balaban J connectivity index is 1.65. The van der Waals surface area contributed by atoms with Crippen molar-refractivity contribution in [3.63, 3.8) is 0 Å².